The molecule has 1 aliphatic heterocycles. The average Bonchev–Trinajstić information content (AvgIpc) is 3.49. The van der Waals surface area contributed by atoms with Crippen molar-refractivity contribution < 1.29 is 47.1 Å². The number of carbonyl (C=O) groups excluding carboxylic acids is 1. The molecule has 2 aromatic carbocycles. The lowest BCUT2D eigenvalue weighted by Gasteiger charge is -2.12. The third-order valence-corrected chi connectivity index (χ3v) is 7.42. The molecule has 13 nitrogen and oxygen atoms in total. The number of amides is 1. The molecule has 15 heteroatoms. The number of nitrogens with zero attached hydrogens (tertiary/aromatic N) is 3. The van der Waals surface area contributed by atoms with Crippen molar-refractivity contribution in [3.63, 3.8) is 0 Å². The molecule has 50 heavy (non-hydrogen) atoms. The molecule has 274 valence electrons. The van der Waals surface area contributed by atoms with E-state index in [0.717, 1.165) is 0 Å². The van der Waals surface area contributed by atoms with Gasteiger partial charge in [-0.05, 0) is 30.3 Å². The van der Waals surface area contributed by atoms with Crippen molar-refractivity contribution in [1.29, 1.82) is 0 Å². The van der Waals surface area contributed by atoms with Crippen LogP contribution in [0.25, 0.3) is 5.69 Å². The molecule has 4 rings (SSSR count). The molecule has 3 aromatic rings. The molecular formula is C35H46ClFN4O9. The largest absolute Gasteiger partial charge is 0.382 e. The molecule has 0 saturated carbocycles. The van der Waals surface area contributed by atoms with Crippen molar-refractivity contribution in [1.82, 2.24) is 14.9 Å². The molecule has 1 N–H and O–H groups in total. The van der Waals surface area contributed by atoms with Crippen molar-refractivity contribution in [3.8, 4) is 5.69 Å². The molecule has 1 amide bonds. The van der Waals surface area contributed by atoms with E-state index in [9.17, 15) is 9.18 Å². The Hall–Kier alpha value is -3.31. The topological polar surface area (TPSA) is 133 Å². The van der Waals surface area contributed by atoms with Gasteiger partial charge in [0.25, 0.3) is 5.91 Å². The van der Waals surface area contributed by atoms with Crippen LogP contribution in [-0.4, -0.2) is 134 Å². The molecular weight excluding hydrogens is 675 g/mol. The molecule has 0 saturated heterocycles. The molecule has 0 unspecified atom stereocenters. The lowest BCUT2D eigenvalue weighted by atomic mass is 10.00. The second kappa shape index (κ2) is 23.2. The van der Waals surface area contributed by atoms with Crippen LogP contribution < -0.4 is 5.32 Å². The van der Waals surface area contributed by atoms with Gasteiger partial charge < -0.3 is 47.8 Å². The maximum atomic E-state index is 14.7. The number of ether oxygens (including phenoxy) is 8. The van der Waals surface area contributed by atoms with E-state index < -0.39 is 0 Å². The molecule has 0 bridgehead atoms. The summed E-state index contributed by atoms with van der Waals surface area (Å²) in [5, 5.41) is 3.31. The Morgan fingerprint density at radius 2 is 1.30 bits per heavy atom. The zero-order chi connectivity index (χ0) is 35.2. The molecule has 2 heterocycles. The number of aliphatic imine (C=N–C) groups is 1. The summed E-state index contributed by atoms with van der Waals surface area (Å²) in [4.78, 5) is 22.0. The predicted molar refractivity (Wildman–Crippen MR) is 184 cm³/mol. The van der Waals surface area contributed by atoms with Crippen LogP contribution in [0.1, 0.15) is 27.4 Å². The minimum atomic E-state index is -0.384. The fourth-order valence-electron chi connectivity index (χ4n) is 4.77. The predicted octanol–water partition coefficient (Wildman–Crippen LogP) is 3.51. The third kappa shape index (κ3) is 13.4. The smallest absolute Gasteiger partial charge is 0.271 e. The van der Waals surface area contributed by atoms with Gasteiger partial charge >= 0.3 is 0 Å². The van der Waals surface area contributed by atoms with E-state index in [1.165, 1.54) is 6.07 Å². The lowest BCUT2D eigenvalue weighted by Crippen LogP contribution is -2.28. The Labute approximate surface area is 296 Å². The van der Waals surface area contributed by atoms with Gasteiger partial charge in [0.15, 0.2) is 0 Å². The van der Waals surface area contributed by atoms with Crippen LogP contribution in [-0.2, 0) is 44.4 Å². The van der Waals surface area contributed by atoms with Crippen LogP contribution in [0.15, 0.2) is 53.7 Å². The summed E-state index contributed by atoms with van der Waals surface area (Å²) >= 11 is 6.31. The monoisotopic (exact) mass is 720 g/mol. The van der Waals surface area contributed by atoms with Crippen LogP contribution in [0.2, 0.25) is 5.02 Å². The van der Waals surface area contributed by atoms with E-state index in [1.807, 2.05) is 6.07 Å². The van der Waals surface area contributed by atoms with Crippen molar-refractivity contribution in [2.24, 2.45) is 4.99 Å². The highest BCUT2D eigenvalue weighted by Crippen LogP contribution is 2.28. The number of rotatable bonds is 26. The van der Waals surface area contributed by atoms with E-state index in [1.54, 1.807) is 48.2 Å². The minimum Gasteiger partial charge on any atom is -0.382 e. The number of imidazole rings is 1. The third-order valence-electron chi connectivity index (χ3n) is 7.19. The average molecular weight is 721 g/mol. The first-order valence-corrected chi connectivity index (χ1v) is 17.0. The maximum absolute atomic E-state index is 14.7. The number of aromatic nitrogens is 2. The van der Waals surface area contributed by atoms with Gasteiger partial charge in [0, 0.05) is 36.0 Å². The summed E-state index contributed by atoms with van der Waals surface area (Å²) in [5.41, 5.74) is 2.43. The molecule has 0 spiro atoms. The lowest BCUT2D eigenvalue weighted by molar-refractivity contribution is -0.0220. The standard InChI is InChI=1S/C35H46ClFN4O9/c1-43-10-11-45-14-15-47-18-19-49-22-23-50-21-20-48-17-16-46-13-12-44-9-8-38-35(42)31-26-41-32-7-6-27(36)24-29(32)34(39-25-33(41)40-31)28-4-2-3-5-30(28)37/h2-7,24,26H,8-23,25H2,1H3,(H,38,42). The van der Waals surface area contributed by atoms with Gasteiger partial charge in [0.05, 0.1) is 117 Å². The SMILES string of the molecule is COCCOCCOCCOCCOCCOCCOCCOCCNC(=O)c1cn2c(n1)CN=C(c1ccccc1F)c1cc(Cl)ccc1-2. The maximum Gasteiger partial charge on any atom is 0.271 e. The highest BCUT2D eigenvalue weighted by atomic mass is 35.5. The summed E-state index contributed by atoms with van der Waals surface area (Å²) in [6.45, 7) is 7.60. The molecule has 0 radical (unpaired) electrons. The number of hydrogen-bond acceptors (Lipinski definition) is 11. The number of nitrogens with one attached hydrogen (secondary N) is 1. The Kier molecular flexibility index (Phi) is 18.3. The quantitative estimate of drug-likeness (QED) is 0.123. The van der Waals surface area contributed by atoms with Gasteiger partial charge in [-0.3, -0.25) is 9.79 Å². The van der Waals surface area contributed by atoms with Crippen LogP contribution in [0.4, 0.5) is 4.39 Å². The van der Waals surface area contributed by atoms with Gasteiger partial charge in [0.2, 0.25) is 0 Å². The van der Waals surface area contributed by atoms with Gasteiger partial charge in [-0.1, -0.05) is 23.7 Å². The Bertz CT molecular complexity index is 1480. The minimum absolute atomic E-state index is 0.158. The van der Waals surface area contributed by atoms with Gasteiger partial charge in [-0.2, -0.15) is 0 Å². The first kappa shape index (κ1) is 39.5. The van der Waals surface area contributed by atoms with E-state index in [-0.39, 0.29) is 24.0 Å². The Balaban J connectivity index is 1.00. The molecule has 0 aliphatic carbocycles. The fourth-order valence-corrected chi connectivity index (χ4v) is 4.94. The van der Waals surface area contributed by atoms with Gasteiger partial charge in [-0.25, -0.2) is 9.37 Å². The van der Waals surface area contributed by atoms with Crippen LogP contribution in [0.3, 0.4) is 0 Å². The number of methoxy groups -OCH3 is 1. The van der Waals surface area contributed by atoms with Crippen molar-refractivity contribution >= 4 is 23.2 Å². The van der Waals surface area contributed by atoms with Crippen molar-refractivity contribution in [2.75, 3.05) is 113 Å². The zero-order valence-electron chi connectivity index (χ0n) is 28.4. The van der Waals surface area contributed by atoms with Crippen molar-refractivity contribution in [2.45, 2.75) is 6.54 Å². The fraction of sp³-hybridized carbons (Fsp3) is 0.514. The summed E-state index contributed by atoms with van der Waals surface area (Å²) in [6, 6.07) is 11.7. The van der Waals surface area contributed by atoms with Crippen molar-refractivity contribution in [3.05, 3.63) is 82.1 Å². The van der Waals surface area contributed by atoms with E-state index >= 15 is 0 Å². The highest BCUT2D eigenvalue weighted by molar-refractivity contribution is 6.31. The van der Waals surface area contributed by atoms with Crippen LogP contribution in [0.5, 0.6) is 0 Å². The van der Waals surface area contributed by atoms with Crippen LogP contribution >= 0.6 is 11.6 Å². The molecule has 1 aliphatic rings. The second-order valence-corrected chi connectivity index (χ2v) is 11.2. The summed E-state index contributed by atoms with van der Waals surface area (Å²) in [5.74, 6) is -0.173. The zero-order valence-corrected chi connectivity index (χ0v) is 29.2. The van der Waals surface area contributed by atoms with E-state index in [4.69, 9.17) is 49.5 Å². The van der Waals surface area contributed by atoms with Gasteiger partial charge in [-0.15, -0.1) is 0 Å². The first-order chi connectivity index (χ1) is 24.6. The number of hydrogen-bond donors (Lipinski definition) is 1. The number of halogens is 2. The molecule has 0 fully saturated rings. The Morgan fingerprint density at radius 1 is 0.760 bits per heavy atom. The van der Waals surface area contributed by atoms with E-state index in [2.05, 4.69) is 15.3 Å². The number of benzene rings is 2. The second-order valence-electron chi connectivity index (χ2n) is 10.8. The van der Waals surface area contributed by atoms with Gasteiger partial charge in [0.1, 0.15) is 17.3 Å². The summed E-state index contributed by atoms with van der Waals surface area (Å²) in [6.07, 6.45) is 1.65. The molecule has 0 atom stereocenters. The first-order valence-electron chi connectivity index (χ1n) is 16.6. The summed E-state index contributed by atoms with van der Waals surface area (Å²) < 4.78 is 59.6. The Morgan fingerprint density at radius 3 is 1.86 bits per heavy atom. The highest BCUT2D eigenvalue weighted by Gasteiger charge is 2.24. The van der Waals surface area contributed by atoms with Crippen LogP contribution in [0, 0.1) is 5.82 Å². The number of fused-ring (bicyclic) bond motifs is 3. The number of carbonyl (C=O) groups is 1. The van der Waals surface area contributed by atoms with E-state index in [0.29, 0.717) is 139 Å². The molecule has 1 aromatic heterocycles. The normalized spacial score (nSPS) is 12.3. The summed E-state index contributed by atoms with van der Waals surface area (Å²) in [7, 11) is 1.64.